The fraction of sp³-hybridized carbons (Fsp3) is 0.400. The van der Waals surface area contributed by atoms with E-state index in [4.69, 9.17) is 0 Å². The van der Waals surface area contributed by atoms with Gasteiger partial charge in [-0.15, -0.1) is 0 Å². The third-order valence-electron chi connectivity index (χ3n) is 3.35. The first kappa shape index (κ1) is 12.7. The highest BCUT2D eigenvalue weighted by Crippen LogP contribution is 2.24. The van der Waals surface area contributed by atoms with Crippen LogP contribution >= 0.6 is 0 Å². The molecule has 1 unspecified atom stereocenters. The minimum atomic E-state index is -0.171. The number of aromatic nitrogens is 1. The number of amides is 1. The van der Waals surface area contributed by atoms with Crippen LogP contribution in [0.4, 0.5) is 0 Å². The van der Waals surface area contributed by atoms with Crippen LogP contribution in [0.5, 0.6) is 0 Å². The maximum atomic E-state index is 12.0. The van der Waals surface area contributed by atoms with Crippen LogP contribution in [0.25, 0.3) is 10.9 Å². The number of carbonyl (C=O) groups is 1. The second kappa shape index (κ2) is 5.25. The highest BCUT2D eigenvalue weighted by atomic mass is 16.2. The van der Waals surface area contributed by atoms with E-state index in [1.165, 1.54) is 16.5 Å². The highest BCUT2D eigenvalue weighted by molar-refractivity contribution is 5.87. The van der Waals surface area contributed by atoms with E-state index in [2.05, 4.69) is 41.1 Å². The summed E-state index contributed by atoms with van der Waals surface area (Å²) >= 11 is 0. The number of benzene rings is 1. The molecule has 0 bridgehead atoms. The number of aryl methyl sites for hydroxylation is 1. The lowest BCUT2D eigenvalue weighted by Crippen LogP contribution is -2.30. The van der Waals surface area contributed by atoms with E-state index in [0.717, 1.165) is 6.42 Å². The minimum Gasteiger partial charge on any atom is -0.355 e. The third kappa shape index (κ3) is 2.13. The SMILES string of the molecule is CCNC(=O)C(C)n1ccc2cccc(CC)c21. The van der Waals surface area contributed by atoms with Crippen molar-refractivity contribution < 1.29 is 4.79 Å². The van der Waals surface area contributed by atoms with Gasteiger partial charge in [0.1, 0.15) is 6.04 Å². The molecule has 0 saturated heterocycles. The molecule has 1 atom stereocenters. The van der Waals surface area contributed by atoms with Gasteiger partial charge in [0.25, 0.3) is 0 Å². The summed E-state index contributed by atoms with van der Waals surface area (Å²) in [5.41, 5.74) is 2.47. The van der Waals surface area contributed by atoms with Crippen LogP contribution < -0.4 is 5.32 Å². The van der Waals surface area contributed by atoms with Crippen molar-refractivity contribution in [3.8, 4) is 0 Å². The van der Waals surface area contributed by atoms with Gasteiger partial charge in [0, 0.05) is 12.7 Å². The molecule has 96 valence electrons. The third-order valence-corrected chi connectivity index (χ3v) is 3.35. The first-order valence-electron chi connectivity index (χ1n) is 6.55. The Morgan fingerprint density at radius 3 is 2.78 bits per heavy atom. The van der Waals surface area contributed by atoms with Crippen LogP contribution in [-0.4, -0.2) is 17.0 Å². The molecular weight excluding hydrogens is 224 g/mol. The summed E-state index contributed by atoms with van der Waals surface area (Å²) in [5, 5.41) is 4.08. The lowest BCUT2D eigenvalue weighted by molar-refractivity contribution is -0.123. The first-order chi connectivity index (χ1) is 8.69. The molecule has 1 aromatic heterocycles. The average Bonchev–Trinajstić information content (AvgIpc) is 2.81. The lowest BCUT2D eigenvalue weighted by Gasteiger charge is -2.16. The Bertz CT molecular complexity index is 557. The Kier molecular flexibility index (Phi) is 3.70. The van der Waals surface area contributed by atoms with E-state index in [-0.39, 0.29) is 11.9 Å². The van der Waals surface area contributed by atoms with Crippen molar-refractivity contribution in [2.45, 2.75) is 33.2 Å². The van der Waals surface area contributed by atoms with Gasteiger partial charge in [-0.2, -0.15) is 0 Å². The zero-order valence-corrected chi connectivity index (χ0v) is 11.2. The van der Waals surface area contributed by atoms with Crippen molar-refractivity contribution in [2.24, 2.45) is 0 Å². The molecule has 1 heterocycles. The summed E-state index contributed by atoms with van der Waals surface area (Å²) in [5.74, 6) is 0.0703. The van der Waals surface area contributed by atoms with Gasteiger partial charge >= 0.3 is 0 Å². The monoisotopic (exact) mass is 244 g/mol. The molecular formula is C15H20N2O. The second-order valence-corrected chi connectivity index (χ2v) is 4.50. The second-order valence-electron chi connectivity index (χ2n) is 4.50. The Morgan fingerprint density at radius 2 is 2.11 bits per heavy atom. The number of nitrogens with one attached hydrogen (secondary N) is 1. The molecule has 1 amide bonds. The molecule has 0 aliphatic rings. The number of hydrogen-bond acceptors (Lipinski definition) is 1. The molecule has 0 aliphatic heterocycles. The average molecular weight is 244 g/mol. The molecule has 18 heavy (non-hydrogen) atoms. The van der Waals surface area contributed by atoms with Crippen molar-refractivity contribution in [3.63, 3.8) is 0 Å². The molecule has 2 aromatic rings. The molecule has 0 radical (unpaired) electrons. The van der Waals surface area contributed by atoms with Crippen LogP contribution in [-0.2, 0) is 11.2 Å². The first-order valence-corrected chi connectivity index (χ1v) is 6.55. The summed E-state index contributed by atoms with van der Waals surface area (Å²) in [6.45, 7) is 6.69. The molecule has 3 nitrogen and oxygen atoms in total. The van der Waals surface area contributed by atoms with E-state index in [1.807, 2.05) is 20.0 Å². The van der Waals surface area contributed by atoms with Gasteiger partial charge in [-0.25, -0.2) is 0 Å². The number of likely N-dealkylation sites (N-methyl/N-ethyl adjacent to an activating group) is 1. The van der Waals surface area contributed by atoms with E-state index in [0.29, 0.717) is 6.54 Å². The summed E-state index contributed by atoms with van der Waals surface area (Å²) in [6.07, 6.45) is 2.98. The predicted octanol–water partition coefficient (Wildman–Crippen LogP) is 2.90. The Labute approximate surface area is 108 Å². The molecule has 0 spiro atoms. The Hall–Kier alpha value is -1.77. The largest absolute Gasteiger partial charge is 0.355 e. The van der Waals surface area contributed by atoms with E-state index in [9.17, 15) is 4.79 Å². The number of hydrogen-bond donors (Lipinski definition) is 1. The predicted molar refractivity (Wildman–Crippen MR) is 74.7 cm³/mol. The van der Waals surface area contributed by atoms with E-state index >= 15 is 0 Å². The Balaban J connectivity index is 2.48. The van der Waals surface area contributed by atoms with Crippen molar-refractivity contribution in [3.05, 3.63) is 36.0 Å². The van der Waals surface area contributed by atoms with Gasteiger partial charge in [-0.3, -0.25) is 4.79 Å². The fourth-order valence-electron chi connectivity index (χ4n) is 2.35. The van der Waals surface area contributed by atoms with Crippen LogP contribution in [0, 0.1) is 0 Å². The molecule has 0 aliphatic carbocycles. The lowest BCUT2D eigenvalue weighted by atomic mass is 10.1. The van der Waals surface area contributed by atoms with Gasteiger partial charge in [0.15, 0.2) is 0 Å². The van der Waals surface area contributed by atoms with E-state index in [1.54, 1.807) is 0 Å². The number of nitrogens with zero attached hydrogens (tertiary/aromatic N) is 1. The van der Waals surface area contributed by atoms with Crippen molar-refractivity contribution >= 4 is 16.8 Å². The molecule has 0 saturated carbocycles. The molecule has 1 N–H and O–H groups in total. The number of fused-ring (bicyclic) bond motifs is 1. The topological polar surface area (TPSA) is 34.0 Å². The fourth-order valence-corrected chi connectivity index (χ4v) is 2.35. The zero-order valence-electron chi connectivity index (χ0n) is 11.2. The normalized spacial score (nSPS) is 12.6. The highest BCUT2D eigenvalue weighted by Gasteiger charge is 2.16. The van der Waals surface area contributed by atoms with Crippen molar-refractivity contribution in [2.75, 3.05) is 6.54 Å². The van der Waals surface area contributed by atoms with Crippen molar-refractivity contribution in [1.82, 2.24) is 9.88 Å². The van der Waals surface area contributed by atoms with Gasteiger partial charge in [-0.05, 0) is 37.3 Å². The summed E-state index contributed by atoms with van der Waals surface area (Å²) in [4.78, 5) is 12.0. The van der Waals surface area contributed by atoms with Crippen LogP contribution in [0.2, 0.25) is 0 Å². The van der Waals surface area contributed by atoms with Crippen LogP contribution in [0.1, 0.15) is 32.4 Å². The number of rotatable bonds is 4. The Morgan fingerprint density at radius 1 is 1.33 bits per heavy atom. The maximum absolute atomic E-state index is 12.0. The maximum Gasteiger partial charge on any atom is 0.242 e. The van der Waals surface area contributed by atoms with Gasteiger partial charge < -0.3 is 9.88 Å². The summed E-state index contributed by atoms with van der Waals surface area (Å²) < 4.78 is 2.07. The summed E-state index contributed by atoms with van der Waals surface area (Å²) in [7, 11) is 0. The van der Waals surface area contributed by atoms with Crippen molar-refractivity contribution in [1.29, 1.82) is 0 Å². The number of carbonyl (C=O) groups excluding carboxylic acids is 1. The van der Waals surface area contributed by atoms with Crippen LogP contribution in [0.15, 0.2) is 30.5 Å². The van der Waals surface area contributed by atoms with Gasteiger partial charge in [0.05, 0.1) is 5.52 Å². The summed E-state index contributed by atoms with van der Waals surface area (Å²) in [6, 6.07) is 8.20. The standard InChI is InChI=1S/C15H20N2O/c1-4-12-7-6-8-13-9-10-17(14(12)13)11(3)15(18)16-5-2/h6-11H,4-5H2,1-3H3,(H,16,18). The van der Waals surface area contributed by atoms with Crippen LogP contribution in [0.3, 0.4) is 0 Å². The molecule has 3 heteroatoms. The van der Waals surface area contributed by atoms with Gasteiger partial charge in [-0.1, -0.05) is 25.1 Å². The minimum absolute atomic E-state index is 0.0703. The molecule has 1 aromatic carbocycles. The number of para-hydroxylation sites is 1. The molecule has 0 fully saturated rings. The quantitative estimate of drug-likeness (QED) is 0.881. The van der Waals surface area contributed by atoms with Gasteiger partial charge in [0.2, 0.25) is 5.91 Å². The zero-order chi connectivity index (χ0) is 13.1. The molecule has 2 rings (SSSR count). The smallest absolute Gasteiger partial charge is 0.242 e. The van der Waals surface area contributed by atoms with E-state index < -0.39 is 0 Å².